The van der Waals surface area contributed by atoms with Gasteiger partial charge >= 0.3 is 5.97 Å². The molecule has 0 amide bonds. The van der Waals surface area contributed by atoms with E-state index in [9.17, 15) is 4.79 Å². The Morgan fingerprint density at radius 2 is 1.41 bits per heavy atom. The molecule has 140 valence electrons. The fraction of sp³-hybridized carbons (Fsp3) is 0.318. The number of carboxylic acid groups (broad SMARTS) is 1. The number of unbranched alkanes of at least 4 members (excludes halogenated alkanes) is 2. The Labute approximate surface area is 159 Å². The summed E-state index contributed by atoms with van der Waals surface area (Å²) in [5, 5.41) is 18.4. The number of aromatic nitrogens is 3. The number of aliphatic carboxylic acids is 1. The van der Waals surface area contributed by atoms with E-state index >= 15 is 0 Å². The van der Waals surface area contributed by atoms with Crippen LogP contribution in [0.25, 0.3) is 22.5 Å². The summed E-state index contributed by atoms with van der Waals surface area (Å²) in [7, 11) is 0. The van der Waals surface area contributed by atoms with Gasteiger partial charge in [0.15, 0.2) is 0 Å². The quantitative estimate of drug-likeness (QED) is 0.549. The van der Waals surface area contributed by atoms with Crippen LogP contribution in [-0.2, 0) is 11.3 Å². The molecule has 1 N–H and O–H groups in total. The van der Waals surface area contributed by atoms with Crippen molar-refractivity contribution in [1.82, 2.24) is 15.0 Å². The van der Waals surface area contributed by atoms with Crippen LogP contribution in [0, 0.1) is 5.92 Å². The van der Waals surface area contributed by atoms with Gasteiger partial charge in [0.05, 0.1) is 12.5 Å². The van der Waals surface area contributed by atoms with E-state index in [1.807, 2.05) is 60.7 Å². The highest BCUT2D eigenvalue weighted by molar-refractivity contribution is 5.77. The van der Waals surface area contributed by atoms with Crippen LogP contribution in [-0.4, -0.2) is 26.1 Å². The Hall–Kier alpha value is -2.95. The molecule has 0 saturated heterocycles. The molecule has 0 bridgehead atoms. The van der Waals surface area contributed by atoms with E-state index in [-0.39, 0.29) is 5.92 Å². The van der Waals surface area contributed by atoms with Gasteiger partial charge in [0.25, 0.3) is 0 Å². The summed E-state index contributed by atoms with van der Waals surface area (Å²) in [4.78, 5) is 12.6. The second-order valence-corrected chi connectivity index (χ2v) is 6.81. The normalized spacial score (nSPS) is 12.0. The number of nitrogens with zero attached hydrogens (tertiary/aromatic N) is 3. The standard InChI is InChI=1S/C22H25N3O2/c1-17(22(26)27)11-5-4-10-16-25-23-20(18-12-6-2-7-13-18)21(24-25)19-14-8-3-9-15-19/h2-3,6-9,12-15,17H,4-5,10-11,16H2,1H3,(H,26,27). The van der Waals surface area contributed by atoms with Crippen molar-refractivity contribution in [2.75, 3.05) is 0 Å². The summed E-state index contributed by atoms with van der Waals surface area (Å²) >= 11 is 0. The summed E-state index contributed by atoms with van der Waals surface area (Å²) in [6.45, 7) is 2.49. The van der Waals surface area contributed by atoms with Crippen LogP contribution in [0.4, 0.5) is 0 Å². The first-order chi connectivity index (χ1) is 13.1. The van der Waals surface area contributed by atoms with Crippen molar-refractivity contribution in [1.29, 1.82) is 0 Å². The largest absolute Gasteiger partial charge is 0.481 e. The number of hydrogen-bond acceptors (Lipinski definition) is 3. The van der Waals surface area contributed by atoms with E-state index in [1.165, 1.54) is 0 Å². The molecule has 5 heteroatoms. The van der Waals surface area contributed by atoms with Gasteiger partial charge in [-0.15, -0.1) is 0 Å². The van der Waals surface area contributed by atoms with Gasteiger partial charge in [-0.25, -0.2) is 0 Å². The molecule has 3 rings (SSSR count). The average molecular weight is 363 g/mol. The van der Waals surface area contributed by atoms with Crippen molar-refractivity contribution < 1.29 is 9.90 Å². The van der Waals surface area contributed by atoms with Crippen molar-refractivity contribution in [3.63, 3.8) is 0 Å². The lowest BCUT2D eigenvalue weighted by atomic mass is 10.0. The molecule has 0 radical (unpaired) electrons. The van der Waals surface area contributed by atoms with E-state index < -0.39 is 5.97 Å². The molecule has 5 nitrogen and oxygen atoms in total. The molecule has 27 heavy (non-hydrogen) atoms. The Balaban J connectivity index is 1.70. The summed E-state index contributed by atoms with van der Waals surface area (Å²) in [6.07, 6.45) is 3.53. The predicted molar refractivity (Wildman–Crippen MR) is 106 cm³/mol. The van der Waals surface area contributed by atoms with E-state index in [2.05, 4.69) is 0 Å². The zero-order valence-corrected chi connectivity index (χ0v) is 15.6. The highest BCUT2D eigenvalue weighted by Gasteiger charge is 2.15. The topological polar surface area (TPSA) is 68.0 Å². The van der Waals surface area contributed by atoms with Gasteiger partial charge in [-0.05, 0) is 12.8 Å². The number of benzene rings is 2. The molecular formula is C22H25N3O2. The van der Waals surface area contributed by atoms with Gasteiger partial charge in [0.1, 0.15) is 11.4 Å². The smallest absolute Gasteiger partial charge is 0.306 e. The number of aryl methyl sites for hydroxylation is 1. The van der Waals surface area contributed by atoms with E-state index in [1.54, 1.807) is 11.7 Å². The van der Waals surface area contributed by atoms with E-state index in [0.717, 1.165) is 48.3 Å². The van der Waals surface area contributed by atoms with E-state index in [0.29, 0.717) is 6.42 Å². The molecule has 1 aromatic heterocycles. The molecular weight excluding hydrogens is 338 g/mol. The molecule has 0 aliphatic heterocycles. The minimum absolute atomic E-state index is 0.276. The highest BCUT2D eigenvalue weighted by atomic mass is 16.4. The van der Waals surface area contributed by atoms with Crippen molar-refractivity contribution in [3.05, 3.63) is 60.7 Å². The predicted octanol–water partition coefficient (Wildman–Crippen LogP) is 4.89. The molecule has 0 spiro atoms. The fourth-order valence-corrected chi connectivity index (χ4v) is 3.03. The molecule has 0 saturated carbocycles. The highest BCUT2D eigenvalue weighted by Crippen LogP contribution is 2.28. The lowest BCUT2D eigenvalue weighted by Crippen LogP contribution is -2.09. The maximum absolute atomic E-state index is 10.9. The Morgan fingerprint density at radius 1 is 0.889 bits per heavy atom. The summed E-state index contributed by atoms with van der Waals surface area (Å²) in [5.74, 6) is -0.994. The Morgan fingerprint density at radius 3 is 1.89 bits per heavy atom. The monoisotopic (exact) mass is 363 g/mol. The van der Waals surface area contributed by atoms with Crippen molar-refractivity contribution >= 4 is 5.97 Å². The van der Waals surface area contributed by atoms with Crippen LogP contribution in [0.15, 0.2) is 60.7 Å². The number of rotatable bonds is 9. The van der Waals surface area contributed by atoms with Gasteiger partial charge in [-0.3, -0.25) is 4.79 Å². The Kier molecular flexibility index (Phi) is 6.36. The van der Waals surface area contributed by atoms with Crippen molar-refractivity contribution in [3.8, 4) is 22.5 Å². The lowest BCUT2D eigenvalue weighted by Gasteiger charge is -2.05. The molecule has 0 aliphatic carbocycles. The molecule has 1 heterocycles. The summed E-state index contributed by atoms with van der Waals surface area (Å²) < 4.78 is 0. The van der Waals surface area contributed by atoms with Crippen LogP contribution < -0.4 is 0 Å². The molecule has 0 fully saturated rings. The Bertz CT molecular complexity index is 803. The van der Waals surface area contributed by atoms with Crippen molar-refractivity contribution in [2.24, 2.45) is 5.92 Å². The minimum Gasteiger partial charge on any atom is -0.481 e. The van der Waals surface area contributed by atoms with Gasteiger partial charge in [-0.2, -0.15) is 15.0 Å². The summed E-state index contributed by atoms with van der Waals surface area (Å²) in [5.41, 5.74) is 3.89. The maximum Gasteiger partial charge on any atom is 0.306 e. The first-order valence-corrected chi connectivity index (χ1v) is 9.44. The molecule has 1 unspecified atom stereocenters. The zero-order chi connectivity index (χ0) is 19.1. The van der Waals surface area contributed by atoms with Gasteiger partial charge < -0.3 is 5.11 Å². The molecule has 2 aromatic carbocycles. The van der Waals surface area contributed by atoms with E-state index in [4.69, 9.17) is 15.3 Å². The van der Waals surface area contributed by atoms with Crippen LogP contribution in [0.1, 0.15) is 32.6 Å². The van der Waals surface area contributed by atoms with Crippen molar-refractivity contribution in [2.45, 2.75) is 39.2 Å². The van der Waals surface area contributed by atoms with Gasteiger partial charge in [-0.1, -0.05) is 80.4 Å². The third kappa shape index (κ3) is 5.03. The minimum atomic E-state index is -0.719. The van der Waals surface area contributed by atoms with Gasteiger partial charge in [0.2, 0.25) is 0 Å². The first kappa shape index (κ1) is 18.8. The lowest BCUT2D eigenvalue weighted by molar-refractivity contribution is -0.141. The zero-order valence-electron chi connectivity index (χ0n) is 15.6. The number of carbonyl (C=O) groups is 1. The molecule has 1 atom stereocenters. The molecule has 0 aliphatic rings. The van der Waals surface area contributed by atoms with Gasteiger partial charge in [0, 0.05) is 11.1 Å². The van der Waals surface area contributed by atoms with Crippen LogP contribution in [0.2, 0.25) is 0 Å². The third-order valence-corrected chi connectivity index (χ3v) is 4.67. The second-order valence-electron chi connectivity index (χ2n) is 6.81. The van der Waals surface area contributed by atoms with Crippen LogP contribution >= 0.6 is 0 Å². The first-order valence-electron chi connectivity index (χ1n) is 9.44. The number of hydrogen-bond donors (Lipinski definition) is 1. The summed E-state index contributed by atoms with van der Waals surface area (Å²) in [6, 6.07) is 20.2. The SMILES string of the molecule is CC(CCCCCn1nc(-c2ccccc2)c(-c2ccccc2)n1)C(=O)O. The third-order valence-electron chi connectivity index (χ3n) is 4.67. The second kappa shape index (κ2) is 9.12. The average Bonchev–Trinajstić information content (AvgIpc) is 3.13. The fourth-order valence-electron chi connectivity index (χ4n) is 3.03. The number of carboxylic acids is 1. The van der Waals surface area contributed by atoms with Crippen LogP contribution in [0.3, 0.4) is 0 Å². The maximum atomic E-state index is 10.9. The molecule has 3 aromatic rings. The van der Waals surface area contributed by atoms with Crippen LogP contribution in [0.5, 0.6) is 0 Å².